The smallest absolute Gasteiger partial charge is 0.0674 e. The van der Waals surface area contributed by atoms with E-state index in [0.29, 0.717) is 18.7 Å². The lowest BCUT2D eigenvalue weighted by Crippen LogP contribution is -2.47. The Morgan fingerprint density at radius 1 is 1.35 bits per heavy atom. The van der Waals surface area contributed by atoms with Gasteiger partial charge in [-0.2, -0.15) is 0 Å². The molecule has 20 heavy (non-hydrogen) atoms. The Labute approximate surface area is 122 Å². The van der Waals surface area contributed by atoms with Gasteiger partial charge >= 0.3 is 0 Å². The first-order chi connectivity index (χ1) is 9.72. The summed E-state index contributed by atoms with van der Waals surface area (Å²) in [5.74, 6) is 5.93. The number of ether oxygens (including phenoxy) is 1. The number of rotatable bonds is 3. The van der Waals surface area contributed by atoms with Gasteiger partial charge in [-0.25, -0.2) is 0 Å². The van der Waals surface area contributed by atoms with Gasteiger partial charge in [-0.15, -0.1) is 0 Å². The zero-order valence-corrected chi connectivity index (χ0v) is 12.4. The molecule has 1 aromatic rings. The zero-order chi connectivity index (χ0) is 14.4. The molecule has 3 nitrogen and oxygen atoms in total. The lowest BCUT2D eigenvalue weighted by Gasteiger charge is -2.38. The summed E-state index contributed by atoms with van der Waals surface area (Å²) in [4.78, 5) is 2.52. The molecule has 2 rings (SSSR count). The quantitative estimate of drug-likeness (QED) is 0.855. The van der Waals surface area contributed by atoms with Crippen LogP contribution in [0.15, 0.2) is 24.3 Å². The summed E-state index contributed by atoms with van der Waals surface area (Å²) < 4.78 is 5.74. The molecule has 1 aliphatic rings. The maximum atomic E-state index is 5.74. The van der Waals surface area contributed by atoms with Gasteiger partial charge in [-0.3, -0.25) is 4.90 Å². The predicted octanol–water partition coefficient (Wildman–Crippen LogP) is 2.00. The molecule has 0 spiro atoms. The molecule has 0 aromatic heterocycles. The highest BCUT2D eigenvalue weighted by Gasteiger charge is 2.25. The Bertz CT molecular complexity index is 472. The van der Waals surface area contributed by atoms with E-state index in [9.17, 15) is 0 Å². The molecule has 0 aliphatic carbocycles. The molecule has 2 N–H and O–H groups in total. The van der Waals surface area contributed by atoms with Gasteiger partial charge in [-0.1, -0.05) is 30.9 Å². The molecule has 1 saturated heterocycles. The largest absolute Gasteiger partial charge is 0.376 e. The van der Waals surface area contributed by atoms with Crippen molar-refractivity contribution in [1.29, 1.82) is 0 Å². The summed E-state index contributed by atoms with van der Waals surface area (Å²) in [6, 6.07) is 9.00. The number of nitrogens with zero attached hydrogens (tertiary/aromatic N) is 1. The first-order valence-electron chi connectivity index (χ1n) is 7.36. The van der Waals surface area contributed by atoms with E-state index >= 15 is 0 Å². The van der Waals surface area contributed by atoms with Crippen LogP contribution in [0.3, 0.4) is 0 Å². The number of morpholine rings is 1. The minimum atomic E-state index is 0.326. The highest BCUT2D eigenvalue weighted by atomic mass is 16.5. The van der Waals surface area contributed by atoms with Crippen LogP contribution in [0.25, 0.3) is 0 Å². The second kappa shape index (κ2) is 7.44. The standard InChI is InChI=1S/C17H24N2O/c1-3-17-13-20-14(2)11-19(17)12-16-8-6-15(7-9-16)5-4-10-18/h6-9,14,17H,3,10-13,18H2,1-2H3. The lowest BCUT2D eigenvalue weighted by molar-refractivity contribution is -0.0592. The van der Waals surface area contributed by atoms with Crippen LogP contribution in [0.2, 0.25) is 0 Å². The van der Waals surface area contributed by atoms with Gasteiger partial charge in [-0.05, 0) is 31.0 Å². The molecule has 3 heteroatoms. The molecule has 0 saturated carbocycles. The molecule has 0 radical (unpaired) electrons. The molecule has 1 aliphatic heterocycles. The molecular formula is C17H24N2O. The number of hydrogen-bond acceptors (Lipinski definition) is 3. The van der Waals surface area contributed by atoms with Crippen LogP contribution in [-0.2, 0) is 11.3 Å². The first kappa shape index (κ1) is 15.1. The normalized spacial score (nSPS) is 23.1. The van der Waals surface area contributed by atoms with Crippen LogP contribution in [0.4, 0.5) is 0 Å². The van der Waals surface area contributed by atoms with E-state index in [1.165, 1.54) is 5.56 Å². The van der Waals surface area contributed by atoms with E-state index in [4.69, 9.17) is 10.5 Å². The average Bonchev–Trinajstić information content (AvgIpc) is 2.47. The van der Waals surface area contributed by atoms with Crippen LogP contribution in [0.5, 0.6) is 0 Å². The monoisotopic (exact) mass is 272 g/mol. The van der Waals surface area contributed by atoms with Crippen molar-refractivity contribution in [1.82, 2.24) is 4.90 Å². The van der Waals surface area contributed by atoms with Gasteiger partial charge in [0.2, 0.25) is 0 Å². The second-order valence-electron chi connectivity index (χ2n) is 5.34. The van der Waals surface area contributed by atoms with Gasteiger partial charge in [0.05, 0.1) is 19.3 Å². The van der Waals surface area contributed by atoms with Crippen molar-refractivity contribution in [2.45, 2.75) is 39.0 Å². The maximum absolute atomic E-state index is 5.74. The average molecular weight is 272 g/mol. The molecule has 1 aromatic carbocycles. The summed E-state index contributed by atoms with van der Waals surface area (Å²) >= 11 is 0. The first-order valence-corrected chi connectivity index (χ1v) is 7.36. The maximum Gasteiger partial charge on any atom is 0.0674 e. The third kappa shape index (κ3) is 4.08. The minimum Gasteiger partial charge on any atom is -0.376 e. The van der Waals surface area contributed by atoms with Gasteiger partial charge < -0.3 is 10.5 Å². The van der Waals surface area contributed by atoms with Gasteiger partial charge in [0.1, 0.15) is 0 Å². The highest BCUT2D eigenvalue weighted by molar-refractivity contribution is 5.36. The van der Waals surface area contributed by atoms with Crippen LogP contribution in [-0.4, -0.2) is 36.7 Å². The van der Waals surface area contributed by atoms with Gasteiger partial charge in [0, 0.05) is 24.7 Å². The van der Waals surface area contributed by atoms with Crippen LogP contribution >= 0.6 is 0 Å². The molecule has 1 fully saturated rings. The van der Waals surface area contributed by atoms with E-state index in [1.807, 2.05) is 0 Å². The van der Waals surface area contributed by atoms with E-state index < -0.39 is 0 Å². The topological polar surface area (TPSA) is 38.5 Å². The Hall–Kier alpha value is -1.34. The fourth-order valence-corrected chi connectivity index (χ4v) is 2.56. The molecule has 108 valence electrons. The molecule has 2 atom stereocenters. The summed E-state index contributed by atoms with van der Waals surface area (Å²) in [6.45, 7) is 7.61. The van der Waals surface area contributed by atoms with Crippen molar-refractivity contribution >= 4 is 0 Å². The third-order valence-corrected chi connectivity index (χ3v) is 3.73. The van der Waals surface area contributed by atoms with Crippen LogP contribution < -0.4 is 5.73 Å². The van der Waals surface area contributed by atoms with Crippen LogP contribution in [0, 0.1) is 11.8 Å². The summed E-state index contributed by atoms with van der Waals surface area (Å²) in [5.41, 5.74) is 7.74. The Morgan fingerprint density at radius 2 is 2.10 bits per heavy atom. The Morgan fingerprint density at radius 3 is 2.75 bits per heavy atom. The van der Waals surface area contributed by atoms with Crippen molar-refractivity contribution < 1.29 is 4.74 Å². The van der Waals surface area contributed by atoms with Crippen molar-refractivity contribution in [3.63, 3.8) is 0 Å². The van der Waals surface area contributed by atoms with Gasteiger partial charge in [0.15, 0.2) is 0 Å². The van der Waals surface area contributed by atoms with E-state index in [0.717, 1.165) is 31.7 Å². The lowest BCUT2D eigenvalue weighted by atomic mass is 10.1. The fourth-order valence-electron chi connectivity index (χ4n) is 2.56. The third-order valence-electron chi connectivity index (χ3n) is 3.73. The van der Waals surface area contributed by atoms with Crippen molar-refractivity contribution in [3.05, 3.63) is 35.4 Å². The van der Waals surface area contributed by atoms with Crippen LogP contribution in [0.1, 0.15) is 31.4 Å². The molecule has 0 bridgehead atoms. The summed E-state index contributed by atoms with van der Waals surface area (Å²) in [5, 5.41) is 0. The summed E-state index contributed by atoms with van der Waals surface area (Å²) in [7, 11) is 0. The molecular weight excluding hydrogens is 248 g/mol. The Kier molecular flexibility index (Phi) is 5.60. The number of nitrogens with two attached hydrogens (primary N) is 1. The SMILES string of the molecule is CCC1COC(C)CN1Cc1ccc(C#CCN)cc1. The highest BCUT2D eigenvalue weighted by Crippen LogP contribution is 2.18. The predicted molar refractivity (Wildman–Crippen MR) is 82.3 cm³/mol. The number of benzene rings is 1. The molecule has 0 amide bonds. The van der Waals surface area contributed by atoms with E-state index in [2.05, 4.69) is 54.9 Å². The fraction of sp³-hybridized carbons (Fsp3) is 0.529. The minimum absolute atomic E-state index is 0.326. The van der Waals surface area contributed by atoms with E-state index in [1.54, 1.807) is 0 Å². The number of hydrogen-bond donors (Lipinski definition) is 1. The van der Waals surface area contributed by atoms with E-state index in [-0.39, 0.29) is 0 Å². The van der Waals surface area contributed by atoms with Crippen molar-refractivity contribution in [2.75, 3.05) is 19.7 Å². The zero-order valence-electron chi connectivity index (χ0n) is 12.4. The van der Waals surface area contributed by atoms with Crippen molar-refractivity contribution in [3.8, 4) is 11.8 Å². The summed E-state index contributed by atoms with van der Waals surface area (Å²) in [6.07, 6.45) is 1.46. The molecule has 2 unspecified atom stereocenters. The second-order valence-corrected chi connectivity index (χ2v) is 5.34. The Balaban J connectivity index is 2.01. The van der Waals surface area contributed by atoms with Gasteiger partial charge in [0.25, 0.3) is 0 Å². The molecule has 1 heterocycles. The van der Waals surface area contributed by atoms with Crippen molar-refractivity contribution in [2.24, 2.45) is 5.73 Å².